The third-order valence-corrected chi connectivity index (χ3v) is 6.80. The molecule has 0 spiro atoms. The van der Waals surface area contributed by atoms with Gasteiger partial charge in [-0.1, -0.05) is 64.3 Å². The molecule has 8 heteroatoms. The predicted molar refractivity (Wildman–Crippen MR) is 127 cm³/mol. The first-order valence-corrected chi connectivity index (χ1v) is 11.9. The molecule has 176 valence electrons. The number of benzene rings is 1. The molecule has 0 unspecified atom stereocenters. The van der Waals surface area contributed by atoms with Gasteiger partial charge in [0.1, 0.15) is 5.56 Å². The first kappa shape index (κ1) is 23.0. The van der Waals surface area contributed by atoms with Crippen molar-refractivity contribution >= 4 is 11.6 Å². The number of aromatic hydroxyl groups is 1. The number of rotatable bonds is 5. The zero-order chi connectivity index (χ0) is 23.7. The summed E-state index contributed by atoms with van der Waals surface area (Å²) in [6, 6.07) is 7.53. The van der Waals surface area contributed by atoms with E-state index >= 15 is 0 Å². The Morgan fingerprint density at radius 2 is 1.82 bits per heavy atom. The highest BCUT2D eigenvalue weighted by Gasteiger charge is 2.35. The Balaban J connectivity index is 1.75. The van der Waals surface area contributed by atoms with Crippen LogP contribution in [0.1, 0.15) is 100 Å². The van der Waals surface area contributed by atoms with Crippen LogP contribution in [0.2, 0.25) is 0 Å². The molecule has 1 aromatic heterocycles. The molecule has 8 nitrogen and oxygen atoms in total. The number of nitrogens with zero attached hydrogens (tertiary/aromatic N) is 3. The zero-order valence-corrected chi connectivity index (χ0v) is 19.5. The van der Waals surface area contributed by atoms with Crippen molar-refractivity contribution in [3.8, 4) is 5.88 Å². The highest BCUT2D eigenvalue weighted by atomic mass is 16.3. The van der Waals surface area contributed by atoms with Crippen LogP contribution in [0.4, 0.5) is 0 Å². The van der Waals surface area contributed by atoms with E-state index in [0.29, 0.717) is 11.6 Å². The fourth-order valence-corrected chi connectivity index (χ4v) is 4.89. The van der Waals surface area contributed by atoms with Crippen LogP contribution in [0.3, 0.4) is 0 Å². The van der Waals surface area contributed by atoms with E-state index in [1.54, 1.807) is 6.92 Å². The topological polar surface area (TPSA) is 108 Å². The molecular formula is C25H32N4O4. The smallest absolute Gasteiger partial charge is 0.331 e. The fraction of sp³-hybridized carbons (Fsp3) is 0.520. The Bertz CT molecular complexity index is 1170. The van der Waals surface area contributed by atoms with Crippen LogP contribution in [0, 0.1) is 0 Å². The summed E-state index contributed by atoms with van der Waals surface area (Å²) in [7, 11) is 0. The molecule has 1 amide bonds. The number of aromatic nitrogens is 2. The van der Waals surface area contributed by atoms with Crippen molar-refractivity contribution in [3.63, 3.8) is 0 Å². The molecule has 1 fully saturated rings. The minimum Gasteiger partial charge on any atom is -0.494 e. The van der Waals surface area contributed by atoms with Gasteiger partial charge in [-0.2, -0.15) is 5.10 Å². The molecule has 1 aliphatic heterocycles. The first-order chi connectivity index (χ1) is 15.8. The number of hydrogen-bond donors (Lipinski definition) is 2. The van der Waals surface area contributed by atoms with Crippen molar-refractivity contribution in [2.45, 2.75) is 83.7 Å². The minimum absolute atomic E-state index is 0.0182. The molecule has 4 rings (SSSR count). The molecule has 1 atom stereocenters. The van der Waals surface area contributed by atoms with Gasteiger partial charge >= 0.3 is 5.69 Å². The maximum atomic E-state index is 12.8. The van der Waals surface area contributed by atoms with E-state index in [4.69, 9.17) is 0 Å². The number of hydrazone groups is 1. The summed E-state index contributed by atoms with van der Waals surface area (Å²) in [6.07, 6.45) is 5.14. The summed E-state index contributed by atoms with van der Waals surface area (Å²) in [5.74, 6) is -0.132. The van der Waals surface area contributed by atoms with E-state index in [1.807, 2.05) is 24.3 Å². The van der Waals surface area contributed by atoms with Crippen molar-refractivity contribution in [2.24, 2.45) is 5.10 Å². The summed E-state index contributed by atoms with van der Waals surface area (Å²) < 4.78 is 1.30. The third kappa shape index (κ3) is 4.38. The summed E-state index contributed by atoms with van der Waals surface area (Å²) in [5.41, 5.74) is 1.13. The lowest BCUT2D eigenvalue weighted by Gasteiger charge is -2.25. The van der Waals surface area contributed by atoms with E-state index < -0.39 is 11.2 Å². The van der Waals surface area contributed by atoms with Crippen molar-refractivity contribution in [1.82, 2.24) is 14.6 Å². The molecule has 1 saturated carbocycles. The number of nitrogens with one attached hydrogen (secondary N) is 1. The number of amides is 1. The quantitative estimate of drug-likeness (QED) is 0.716. The maximum absolute atomic E-state index is 12.8. The first-order valence-electron chi connectivity index (χ1n) is 11.9. The molecule has 1 aliphatic carbocycles. The van der Waals surface area contributed by atoms with Gasteiger partial charge in [-0.05, 0) is 29.9 Å². The zero-order valence-electron chi connectivity index (χ0n) is 19.5. The molecule has 0 bridgehead atoms. The summed E-state index contributed by atoms with van der Waals surface area (Å²) in [4.78, 5) is 40.4. The molecule has 0 saturated heterocycles. The number of H-pyrrole nitrogens is 1. The molecule has 33 heavy (non-hydrogen) atoms. The van der Waals surface area contributed by atoms with Crippen LogP contribution < -0.4 is 11.2 Å². The molecular weight excluding hydrogens is 420 g/mol. The van der Waals surface area contributed by atoms with E-state index in [1.165, 1.54) is 15.1 Å². The number of hydrogen-bond acceptors (Lipinski definition) is 5. The highest BCUT2D eigenvalue weighted by molar-refractivity contribution is 6.04. The summed E-state index contributed by atoms with van der Waals surface area (Å²) in [6.45, 7) is 6.01. The fourth-order valence-electron chi connectivity index (χ4n) is 4.89. The van der Waals surface area contributed by atoms with E-state index in [9.17, 15) is 19.5 Å². The normalized spacial score (nSPS) is 19.2. The number of carbonyl (C=O) groups excluding carboxylic acids is 1. The van der Waals surface area contributed by atoms with Crippen LogP contribution in [0.15, 0.2) is 39.0 Å². The van der Waals surface area contributed by atoms with Crippen LogP contribution in [-0.4, -0.2) is 31.3 Å². The van der Waals surface area contributed by atoms with Gasteiger partial charge in [-0.25, -0.2) is 9.80 Å². The minimum atomic E-state index is -0.678. The lowest BCUT2D eigenvalue weighted by Crippen LogP contribution is -2.36. The lowest BCUT2D eigenvalue weighted by atomic mass is 9.94. The van der Waals surface area contributed by atoms with Gasteiger partial charge in [-0.3, -0.25) is 19.1 Å². The monoisotopic (exact) mass is 452 g/mol. The van der Waals surface area contributed by atoms with Gasteiger partial charge in [-0.15, -0.1) is 0 Å². The van der Waals surface area contributed by atoms with E-state index in [2.05, 4.69) is 23.9 Å². The Labute approximate surface area is 193 Å². The average Bonchev–Trinajstić information content (AvgIpc) is 3.24. The number of carbonyl (C=O) groups is 1. The van der Waals surface area contributed by atoms with Crippen molar-refractivity contribution < 1.29 is 9.90 Å². The van der Waals surface area contributed by atoms with Gasteiger partial charge < -0.3 is 5.11 Å². The van der Waals surface area contributed by atoms with Gasteiger partial charge in [0.2, 0.25) is 11.8 Å². The summed E-state index contributed by atoms with van der Waals surface area (Å²) in [5, 5.41) is 17.0. The third-order valence-electron chi connectivity index (χ3n) is 6.80. The second-order valence-corrected chi connectivity index (χ2v) is 9.30. The van der Waals surface area contributed by atoms with Crippen molar-refractivity contribution in [2.75, 3.05) is 0 Å². The van der Waals surface area contributed by atoms with Gasteiger partial charge in [0.25, 0.3) is 5.56 Å². The Morgan fingerprint density at radius 1 is 1.15 bits per heavy atom. The standard InChI is InChI=1S/C25H32N4O4/c1-4-21(30)29-20(17-12-10-16(11-13-17)15(2)3)14-19(27-29)22-23(31)26-25(33)28(24(22)32)18-8-6-5-7-9-18/h10-13,15,18,20,32H,4-9,14H2,1-3H3,(H,26,31,33)/t20-/m1/s1. The van der Waals surface area contributed by atoms with Crippen LogP contribution in [0.25, 0.3) is 0 Å². The highest BCUT2D eigenvalue weighted by Crippen LogP contribution is 2.36. The second-order valence-electron chi connectivity index (χ2n) is 9.30. The van der Waals surface area contributed by atoms with Crippen LogP contribution in [-0.2, 0) is 4.79 Å². The molecule has 2 aliphatic rings. The second kappa shape index (κ2) is 9.37. The van der Waals surface area contributed by atoms with Crippen molar-refractivity contribution in [1.29, 1.82) is 0 Å². The maximum Gasteiger partial charge on any atom is 0.331 e. The van der Waals surface area contributed by atoms with Gasteiger partial charge in [0.15, 0.2) is 0 Å². The molecule has 1 aromatic carbocycles. The van der Waals surface area contributed by atoms with Gasteiger partial charge in [0, 0.05) is 18.9 Å². The lowest BCUT2D eigenvalue weighted by molar-refractivity contribution is -0.132. The van der Waals surface area contributed by atoms with E-state index in [-0.39, 0.29) is 42.3 Å². The Kier molecular flexibility index (Phi) is 6.54. The van der Waals surface area contributed by atoms with Crippen molar-refractivity contribution in [3.05, 3.63) is 61.8 Å². The molecule has 0 radical (unpaired) electrons. The molecule has 2 N–H and O–H groups in total. The Morgan fingerprint density at radius 3 is 2.42 bits per heavy atom. The van der Waals surface area contributed by atoms with Crippen LogP contribution in [0.5, 0.6) is 5.88 Å². The SMILES string of the molecule is CCC(=O)N1N=C(c2c(O)n(C3CCCCC3)c(=O)[nH]c2=O)C[C@@H]1c1ccc(C(C)C)cc1. The molecule has 2 aromatic rings. The van der Waals surface area contributed by atoms with Crippen LogP contribution >= 0.6 is 0 Å². The van der Waals surface area contributed by atoms with E-state index in [0.717, 1.165) is 37.7 Å². The Hall–Kier alpha value is -3.16. The number of aromatic amines is 1. The van der Waals surface area contributed by atoms with Gasteiger partial charge in [0.05, 0.1) is 11.8 Å². The summed E-state index contributed by atoms with van der Waals surface area (Å²) >= 11 is 0. The molecule has 2 heterocycles. The average molecular weight is 453 g/mol. The largest absolute Gasteiger partial charge is 0.494 e. The predicted octanol–water partition coefficient (Wildman–Crippen LogP) is 3.96.